The lowest BCUT2D eigenvalue weighted by atomic mass is 10.3. The topological polar surface area (TPSA) is 32.9 Å². The average molecular weight is 137 g/mol. The Bertz CT molecular complexity index is 380. The van der Waals surface area contributed by atoms with Gasteiger partial charge < -0.3 is 4.98 Å². The quantitative estimate of drug-likeness (QED) is 0.529. The fraction of sp³-hybridized carbons (Fsp3) is 0.125. The van der Waals surface area contributed by atoms with E-state index in [0.717, 1.165) is 10.6 Å². The first-order valence-corrected chi connectivity index (χ1v) is 3.08. The van der Waals surface area contributed by atoms with Gasteiger partial charge in [0.15, 0.2) is 0 Å². The molecular weight excluding hydrogens is 126 g/mol. The van der Waals surface area contributed by atoms with Gasteiger partial charge >= 0.3 is 0 Å². The first-order chi connectivity index (χ1) is 4.74. The van der Waals surface area contributed by atoms with Crippen LogP contribution in [0, 0.1) is 0 Å². The van der Waals surface area contributed by atoms with E-state index in [1.54, 1.807) is 6.07 Å². The molecule has 10 heavy (non-hydrogen) atoms. The lowest BCUT2D eigenvalue weighted by Gasteiger charge is -1.84. The number of hydrogen-bond acceptors (Lipinski definition) is 1. The molecule has 1 aromatic rings. The van der Waals surface area contributed by atoms with E-state index in [1.807, 2.05) is 13.0 Å². The summed E-state index contributed by atoms with van der Waals surface area (Å²) in [5.74, 6) is 0. The first kappa shape index (κ1) is 6.81. The van der Waals surface area contributed by atoms with Crippen molar-refractivity contribution in [3.63, 3.8) is 0 Å². The molecule has 54 valence electrons. The molecule has 0 aliphatic carbocycles. The van der Waals surface area contributed by atoms with Gasteiger partial charge in [-0.05, 0) is 18.2 Å². The largest absolute Gasteiger partial charge is 0.322 e. The molecule has 0 saturated heterocycles. The summed E-state index contributed by atoms with van der Waals surface area (Å²) in [6.45, 7) is 5.59. The number of pyridine rings is 1. The fourth-order valence-electron chi connectivity index (χ4n) is 0.778. The Kier molecular flexibility index (Phi) is 1.71. The molecule has 0 aliphatic rings. The summed E-state index contributed by atoms with van der Waals surface area (Å²) in [6.07, 6.45) is 1.82. The van der Waals surface area contributed by atoms with Crippen molar-refractivity contribution >= 4 is 12.7 Å². The van der Waals surface area contributed by atoms with Gasteiger partial charge in [0.05, 0.1) is 0 Å². The Morgan fingerprint density at radius 3 is 2.90 bits per heavy atom. The van der Waals surface area contributed by atoms with Crippen LogP contribution in [0.2, 0.25) is 0 Å². The van der Waals surface area contributed by atoms with Crippen LogP contribution in [0.1, 0.15) is 8.35 Å². The van der Waals surface area contributed by atoms with Crippen LogP contribution in [0.15, 0.2) is 16.9 Å². The van der Waals surface area contributed by atoms with Crippen molar-refractivity contribution in [2.24, 2.45) is 0 Å². The van der Waals surface area contributed by atoms with Crippen LogP contribution in [0.3, 0.4) is 0 Å². The van der Waals surface area contributed by atoms with Crippen LogP contribution in [0.4, 0.5) is 0 Å². The number of hydrogen-bond donors (Lipinski definition) is 1. The molecule has 0 saturated carbocycles. The van der Waals surface area contributed by atoms with Crippen molar-refractivity contribution in [1.29, 1.82) is 0 Å². The summed E-state index contributed by atoms with van der Waals surface area (Å²) < 4.78 is 0. The standard InChI is InChI=1S/C8H9NO.H2/c1-3-7-6(2)4-5-8(10)9-7;/h3-5H,2H2,1H3,(H,9,10);1H/b7-3-;. The van der Waals surface area contributed by atoms with Crippen molar-refractivity contribution in [1.82, 2.24) is 4.98 Å². The molecule has 0 spiro atoms. The smallest absolute Gasteiger partial charge is 0.248 e. The van der Waals surface area contributed by atoms with Gasteiger partial charge in [-0.3, -0.25) is 4.79 Å². The highest BCUT2D eigenvalue weighted by Crippen LogP contribution is 1.55. The highest BCUT2D eigenvalue weighted by molar-refractivity contribution is 5.18. The molecule has 0 aromatic carbocycles. The third kappa shape index (κ3) is 1.16. The molecule has 1 aromatic heterocycles. The predicted octanol–water partition coefficient (Wildman–Crippen LogP) is -0.168. The lowest BCUT2D eigenvalue weighted by Crippen LogP contribution is -2.31. The minimum absolute atomic E-state index is 0. The zero-order valence-electron chi connectivity index (χ0n) is 5.85. The maximum absolute atomic E-state index is 10.7. The second-order valence-electron chi connectivity index (χ2n) is 2.05. The first-order valence-electron chi connectivity index (χ1n) is 3.08. The van der Waals surface area contributed by atoms with E-state index >= 15 is 0 Å². The van der Waals surface area contributed by atoms with Gasteiger partial charge in [-0.2, -0.15) is 0 Å². The van der Waals surface area contributed by atoms with Crippen LogP contribution in [-0.4, -0.2) is 4.98 Å². The Labute approximate surface area is 60.0 Å². The summed E-state index contributed by atoms with van der Waals surface area (Å²) in [6, 6.07) is 3.17. The second-order valence-corrected chi connectivity index (χ2v) is 2.05. The minimum atomic E-state index is -0.0829. The highest BCUT2D eigenvalue weighted by atomic mass is 16.1. The Morgan fingerprint density at radius 2 is 2.40 bits per heavy atom. The van der Waals surface area contributed by atoms with Crippen molar-refractivity contribution < 1.29 is 1.43 Å². The zero-order chi connectivity index (χ0) is 7.56. The molecule has 1 rings (SSSR count). The number of nitrogens with one attached hydrogen (secondary N) is 1. The maximum atomic E-state index is 10.7. The van der Waals surface area contributed by atoms with Gasteiger partial charge in [-0.15, -0.1) is 0 Å². The minimum Gasteiger partial charge on any atom is -0.322 e. The summed E-state index contributed by atoms with van der Waals surface area (Å²) in [5, 5.41) is 1.65. The van der Waals surface area contributed by atoms with Gasteiger partial charge in [0.2, 0.25) is 5.56 Å². The zero-order valence-corrected chi connectivity index (χ0v) is 5.85. The molecule has 0 bridgehead atoms. The van der Waals surface area contributed by atoms with Gasteiger partial charge in [-0.25, -0.2) is 0 Å². The molecule has 0 amide bonds. The van der Waals surface area contributed by atoms with Gasteiger partial charge in [0, 0.05) is 12.8 Å². The Morgan fingerprint density at radius 1 is 1.70 bits per heavy atom. The third-order valence-electron chi connectivity index (χ3n) is 1.33. The van der Waals surface area contributed by atoms with E-state index in [1.165, 1.54) is 6.07 Å². The summed E-state index contributed by atoms with van der Waals surface area (Å²) in [5.41, 5.74) is -0.0829. The summed E-state index contributed by atoms with van der Waals surface area (Å²) in [7, 11) is 0. The molecule has 0 unspecified atom stereocenters. The van der Waals surface area contributed by atoms with Gasteiger partial charge in [-0.1, -0.05) is 12.7 Å². The molecule has 2 nitrogen and oxygen atoms in total. The normalized spacial score (nSPS) is 11.9. The average Bonchev–Trinajstić information content (AvgIpc) is 1.94. The molecule has 0 radical (unpaired) electrons. The number of aromatic nitrogens is 1. The van der Waals surface area contributed by atoms with Crippen LogP contribution < -0.4 is 16.1 Å². The van der Waals surface area contributed by atoms with Crippen molar-refractivity contribution in [3.8, 4) is 0 Å². The molecule has 0 fully saturated rings. The van der Waals surface area contributed by atoms with E-state index < -0.39 is 0 Å². The van der Waals surface area contributed by atoms with Crippen molar-refractivity contribution in [2.75, 3.05) is 0 Å². The monoisotopic (exact) mass is 137 g/mol. The van der Waals surface area contributed by atoms with Crippen LogP contribution >= 0.6 is 0 Å². The summed E-state index contributed by atoms with van der Waals surface area (Å²) in [4.78, 5) is 13.3. The molecule has 0 aliphatic heterocycles. The van der Waals surface area contributed by atoms with E-state index in [0.29, 0.717) is 0 Å². The van der Waals surface area contributed by atoms with Crippen molar-refractivity contribution in [3.05, 3.63) is 33.1 Å². The third-order valence-corrected chi connectivity index (χ3v) is 1.33. The lowest BCUT2D eigenvalue weighted by molar-refractivity contribution is 1.15. The number of rotatable bonds is 0. The van der Waals surface area contributed by atoms with E-state index in [4.69, 9.17) is 0 Å². The highest BCUT2D eigenvalue weighted by Gasteiger charge is 1.80. The van der Waals surface area contributed by atoms with E-state index in [9.17, 15) is 4.79 Å². The molecule has 1 heterocycles. The SMILES string of the molecule is C=c1ccc(=O)[nH]/c1=C\C.[HH]. The fourth-order valence-corrected chi connectivity index (χ4v) is 0.778. The number of H-pyrrole nitrogens is 1. The van der Waals surface area contributed by atoms with Crippen molar-refractivity contribution in [2.45, 2.75) is 6.92 Å². The van der Waals surface area contributed by atoms with Crippen LogP contribution in [-0.2, 0) is 0 Å². The number of aromatic amines is 1. The molecule has 2 heteroatoms. The molecule has 1 N–H and O–H groups in total. The predicted molar refractivity (Wildman–Crippen MR) is 44.1 cm³/mol. The molecular formula is C8H11NO. The maximum Gasteiger partial charge on any atom is 0.248 e. The summed E-state index contributed by atoms with van der Waals surface area (Å²) >= 11 is 0. The van der Waals surface area contributed by atoms with Crippen LogP contribution in [0.25, 0.3) is 12.7 Å². The van der Waals surface area contributed by atoms with E-state index in [2.05, 4.69) is 11.6 Å². The van der Waals surface area contributed by atoms with Gasteiger partial charge in [0.1, 0.15) is 0 Å². The second kappa shape index (κ2) is 2.52. The Balaban J connectivity index is 0.000001000. The van der Waals surface area contributed by atoms with Gasteiger partial charge in [0.25, 0.3) is 0 Å². The van der Waals surface area contributed by atoms with Crippen LogP contribution in [0.5, 0.6) is 0 Å². The van der Waals surface area contributed by atoms with E-state index in [-0.39, 0.29) is 6.99 Å². The molecule has 0 atom stereocenters. The Hall–Kier alpha value is -1.31.